The van der Waals surface area contributed by atoms with Crippen LogP contribution in [0.1, 0.15) is 24.9 Å². The molecular weight excluding hydrogens is 335 g/mol. The van der Waals surface area contributed by atoms with Gasteiger partial charge in [-0.1, -0.05) is 29.3 Å². The molecule has 1 aliphatic heterocycles. The molecule has 7 heteroatoms. The Bertz CT molecular complexity index is 479. The quantitative estimate of drug-likeness (QED) is 0.875. The van der Waals surface area contributed by atoms with Crippen LogP contribution in [-0.2, 0) is 9.53 Å². The summed E-state index contributed by atoms with van der Waals surface area (Å²) in [5.74, 6) is -0.0442. The summed E-state index contributed by atoms with van der Waals surface area (Å²) in [6, 6.07) is 5.10. The van der Waals surface area contributed by atoms with Crippen LogP contribution in [0.2, 0.25) is 10.0 Å². The molecule has 118 valence electrons. The number of halogens is 3. The zero-order valence-electron chi connectivity index (χ0n) is 11.7. The standard InChI is InChI=1S/C14H18Cl2N2O2.ClH/c1-9(12-3-2-10(15)6-13(12)16)18-14(19)7-11-8-17-4-5-20-11;/h2-3,6,9,11,17H,4-5,7-8H2,1H3,(H,18,19);1H. The van der Waals surface area contributed by atoms with Crippen molar-refractivity contribution in [1.82, 2.24) is 10.6 Å². The van der Waals surface area contributed by atoms with Crippen molar-refractivity contribution < 1.29 is 9.53 Å². The molecule has 1 heterocycles. The van der Waals surface area contributed by atoms with Gasteiger partial charge in [0.15, 0.2) is 0 Å². The molecule has 1 aromatic rings. The second-order valence-corrected chi connectivity index (χ2v) is 5.70. The number of nitrogens with one attached hydrogen (secondary N) is 2. The predicted molar refractivity (Wildman–Crippen MR) is 87.5 cm³/mol. The summed E-state index contributed by atoms with van der Waals surface area (Å²) < 4.78 is 5.51. The van der Waals surface area contributed by atoms with E-state index in [1.807, 2.05) is 13.0 Å². The molecule has 4 nitrogen and oxygen atoms in total. The fourth-order valence-corrected chi connectivity index (χ4v) is 2.76. The van der Waals surface area contributed by atoms with E-state index in [0.717, 1.165) is 12.1 Å². The Kier molecular flexibility index (Phi) is 7.77. The minimum Gasteiger partial charge on any atom is -0.375 e. The first-order valence-electron chi connectivity index (χ1n) is 6.63. The molecule has 1 aliphatic rings. The third-order valence-electron chi connectivity index (χ3n) is 3.22. The van der Waals surface area contributed by atoms with Crippen molar-refractivity contribution in [3.8, 4) is 0 Å². The minimum atomic E-state index is -0.163. The second kappa shape index (κ2) is 8.81. The van der Waals surface area contributed by atoms with Crippen molar-refractivity contribution >= 4 is 41.5 Å². The van der Waals surface area contributed by atoms with Gasteiger partial charge < -0.3 is 15.4 Å². The van der Waals surface area contributed by atoms with Gasteiger partial charge in [0.1, 0.15) is 0 Å². The molecule has 1 saturated heterocycles. The fourth-order valence-electron chi connectivity index (χ4n) is 2.19. The third kappa shape index (κ3) is 5.64. The number of carbonyl (C=O) groups is 1. The zero-order valence-corrected chi connectivity index (χ0v) is 14.0. The molecule has 0 bridgehead atoms. The second-order valence-electron chi connectivity index (χ2n) is 4.86. The number of hydrogen-bond donors (Lipinski definition) is 2. The Hall–Kier alpha value is -0.520. The lowest BCUT2D eigenvalue weighted by Crippen LogP contribution is -2.41. The van der Waals surface area contributed by atoms with Gasteiger partial charge in [0, 0.05) is 23.1 Å². The summed E-state index contributed by atoms with van der Waals surface area (Å²) in [5, 5.41) is 7.27. The minimum absolute atomic E-state index is 0. The molecule has 2 rings (SSSR count). The van der Waals surface area contributed by atoms with Gasteiger partial charge >= 0.3 is 0 Å². The van der Waals surface area contributed by atoms with E-state index in [0.29, 0.717) is 29.6 Å². The Morgan fingerprint density at radius 3 is 2.90 bits per heavy atom. The van der Waals surface area contributed by atoms with Crippen molar-refractivity contribution in [2.24, 2.45) is 0 Å². The molecule has 1 amide bonds. The number of benzene rings is 1. The molecule has 2 unspecified atom stereocenters. The summed E-state index contributed by atoms with van der Waals surface area (Å²) in [6.45, 7) is 4.10. The Morgan fingerprint density at radius 2 is 2.29 bits per heavy atom. The summed E-state index contributed by atoms with van der Waals surface area (Å²) in [6.07, 6.45) is 0.291. The maximum Gasteiger partial charge on any atom is 0.223 e. The highest BCUT2D eigenvalue weighted by atomic mass is 35.5. The maximum atomic E-state index is 12.0. The summed E-state index contributed by atoms with van der Waals surface area (Å²) in [5.41, 5.74) is 0.854. The topological polar surface area (TPSA) is 50.4 Å². The number of carbonyl (C=O) groups excluding carboxylic acids is 1. The first kappa shape index (κ1) is 18.5. The van der Waals surface area contributed by atoms with Crippen LogP contribution in [0.3, 0.4) is 0 Å². The number of amides is 1. The smallest absolute Gasteiger partial charge is 0.223 e. The lowest BCUT2D eigenvalue weighted by molar-refractivity contribution is -0.125. The van der Waals surface area contributed by atoms with Gasteiger partial charge in [0.05, 0.1) is 25.2 Å². The van der Waals surface area contributed by atoms with E-state index in [9.17, 15) is 4.79 Å². The highest BCUT2D eigenvalue weighted by Gasteiger charge is 2.19. The van der Waals surface area contributed by atoms with Crippen LogP contribution in [0, 0.1) is 0 Å². The van der Waals surface area contributed by atoms with Crippen LogP contribution in [-0.4, -0.2) is 31.7 Å². The molecule has 0 radical (unpaired) electrons. The van der Waals surface area contributed by atoms with Crippen LogP contribution in [0.4, 0.5) is 0 Å². The van der Waals surface area contributed by atoms with Crippen molar-refractivity contribution in [2.75, 3.05) is 19.7 Å². The Balaban J connectivity index is 0.00000220. The van der Waals surface area contributed by atoms with E-state index in [-0.39, 0.29) is 30.5 Å². The van der Waals surface area contributed by atoms with Crippen LogP contribution in [0.25, 0.3) is 0 Å². The van der Waals surface area contributed by atoms with E-state index >= 15 is 0 Å². The number of rotatable bonds is 4. The normalized spacial score (nSPS) is 19.5. The lowest BCUT2D eigenvalue weighted by Gasteiger charge is -2.24. The van der Waals surface area contributed by atoms with Crippen molar-refractivity contribution in [2.45, 2.75) is 25.5 Å². The number of hydrogen-bond acceptors (Lipinski definition) is 3. The molecule has 1 aromatic carbocycles. The molecule has 21 heavy (non-hydrogen) atoms. The van der Waals surface area contributed by atoms with Gasteiger partial charge in [-0.3, -0.25) is 4.79 Å². The van der Waals surface area contributed by atoms with Crippen LogP contribution < -0.4 is 10.6 Å². The molecule has 2 atom stereocenters. The van der Waals surface area contributed by atoms with Crippen LogP contribution >= 0.6 is 35.6 Å². The van der Waals surface area contributed by atoms with E-state index in [1.165, 1.54) is 0 Å². The van der Waals surface area contributed by atoms with E-state index in [1.54, 1.807) is 12.1 Å². The zero-order chi connectivity index (χ0) is 14.5. The van der Waals surface area contributed by atoms with Crippen molar-refractivity contribution in [3.63, 3.8) is 0 Å². The highest BCUT2D eigenvalue weighted by Crippen LogP contribution is 2.26. The Labute approximate surface area is 140 Å². The van der Waals surface area contributed by atoms with E-state index in [2.05, 4.69) is 10.6 Å². The predicted octanol–water partition coefficient (Wildman–Crippen LogP) is 2.97. The molecule has 2 N–H and O–H groups in total. The number of morpholine rings is 1. The van der Waals surface area contributed by atoms with Gasteiger partial charge in [-0.25, -0.2) is 0 Å². The van der Waals surface area contributed by atoms with Crippen LogP contribution in [0.5, 0.6) is 0 Å². The van der Waals surface area contributed by atoms with Crippen molar-refractivity contribution in [1.29, 1.82) is 0 Å². The molecule has 0 aromatic heterocycles. The van der Waals surface area contributed by atoms with Gasteiger partial charge in [-0.2, -0.15) is 0 Å². The maximum absolute atomic E-state index is 12.0. The summed E-state index contributed by atoms with van der Waals surface area (Å²) in [7, 11) is 0. The first-order chi connectivity index (χ1) is 9.56. The molecule has 0 saturated carbocycles. The largest absolute Gasteiger partial charge is 0.375 e. The summed E-state index contributed by atoms with van der Waals surface area (Å²) >= 11 is 12.0. The molecule has 0 aliphatic carbocycles. The number of ether oxygens (including phenoxy) is 1. The van der Waals surface area contributed by atoms with Gasteiger partial charge in [0.2, 0.25) is 5.91 Å². The monoisotopic (exact) mass is 352 g/mol. The average Bonchev–Trinajstić information content (AvgIpc) is 2.39. The molecular formula is C14H19Cl3N2O2. The summed E-state index contributed by atoms with van der Waals surface area (Å²) in [4.78, 5) is 12.0. The molecule has 0 spiro atoms. The van der Waals surface area contributed by atoms with E-state index < -0.39 is 0 Å². The van der Waals surface area contributed by atoms with Gasteiger partial charge in [-0.15, -0.1) is 12.4 Å². The molecule has 1 fully saturated rings. The van der Waals surface area contributed by atoms with E-state index in [4.69, 9.17) is 27.9 Å². The first-order valence-corrected chi connectivity index (χ1v) is 7.38. The fraction of sp³-hybridized carbons (Fsp3) is 0.500. The highest BCUT2D eigenvalue weighted by molar-refractivity contribution is 6.35. The lowest BCUT2D eigenvalue weighted by atomic mass is 10.1. The van der Waals surface area contributed by atoms with Crippen LogP contribution in [0.15, 0.2) is 18.2 Å². The van der Waals surface area contributed by atoms with Crippen molar-refractivity contribution in [3.05, 3.63) is 33.8 Å². The van der Waals surface area contributed by atoms with Gasteiger partial charge in [0.25, 0.3) is 0 Å². The van der Waals surface area contributed by atoms with Gasteiger partial charge in [-0.05, 0) is 24.6 Å². The average molecular weight is 354 g/mol. The SMILES string of the molecule is CC(NC(=O)CC1CNCCO1)c1ccc(Cl)cc1Cl.Cl. The third-order valence-corrected chi connectivity index (χ3v) is 3.79. The Morgan fingerprint density at radius 1 is 1.52 bits per heavy atom.